The quantitative estimate of drug-likeness (QED) is 0.794. The summed E-state index contributed by atoms with van der Waals surface area (Å²) >= 11 is 0. The monoisotopic (exact) mass is 284 g/mol. The van der Waals surface area contributed by atoms with Crippen LogP contribution in [0.4, 0.5) is 0 Å². The Bertz CT molecular complexity index is 458. The van der Waals surface area contributed by atoms with Crippen LogP contribution >= 0.6 is 0 Å². The average molecular weight is 284 g/mol. The fourth-order valence-electron chi connectivity index (χ4n) is 1.89. The summed E-state index contributed by atoms with van der Waals surface area (Å²) in [7, 11) is 0.756. The van der Waals surface area contributed by atoms with Crippen LogP contribution in [0.2, 0.25) is 0 Å². The second kappa shape index (κ2) is 7.62. The second-order valence-electron chi connectivity index (χ2n) is 4.91. The van der Waals surface area contributed by atoms with E-state index in [-0.39, 0.29) is 11.8 Å². The summed E-state index contributed by atoms with van der Waals surface area (Å²) in [6, 6.07) is 9.99. The van der Waals surface area contributed by atoms with Gasteiger partial charge in [-0.3, -0.25) is 0 Å². The first-order valence-corrected chi connectivity index (χ1v) is 8.30. The van der Waals surface area contributed by atoms with Gasteiger partial charge in [0.2, 0.25) is 10.0 Å². The van der Waals surface area contributed by atoms with Gasteiger partial charge in [0.15, 0.2) is 0 Å². The average Bonchev–Trinajstić information content (AvgIpc) is 2.37. The molecule has 1 rings (SSSR count). The molecule has 4 nitrogen and oxygen atoms in total. The van der Waals surface area contributed by atoms with Crippen LogP contribution < -0.4 is 4.72 Å². The predicted molar refractivity (Wildman–Crippen MR) is 79.6 cm³/mol. The Morgan fingerprint density at radius 3 is 2.37 bits per heavy atom. The number of unbranched alkanes of at least 4 members (excludes halogenated alkanes) is 1. The molecule has 0 spiro atoms. The van der Waals surface area contributed by atoms with E-state index >= 15 is 0 Å². The lowest BCUT2D eigenvalue weighted by molar-refractivity contribution is 0.299. The van der Waals surface area contributed by atoms with Crippen molar-refractivity contribution >= 4 is 10.0 Å². The minimum atomic E-state index is -3.16. The van der Waals surface area contributed by atoms with Crippen LogP contribution in [0, 0.1) is 0 Å². The molecule has 0 aromatic heterocycles. The third-order valence-electron chi connectivity index (χ3n) is 3.07. The van der Waals surface area contributed by atoms with E-state index in [0.717, 1.165) is 12.0 Å². The maximum atomic E-state index is 11.8. The van der Waals surface area contributed by atoms with Crippen molar-refractivity contribution in [1.82, 2.24) is 9.62 Å². The number of nitrogens with zero attached hydrogens (tertiary/aromatic N) is 1. The van der Waals surface area contributed by atoms with Gasteiger partial charge in [-0.05, 0) is 26.1 Å². The van der Waals surface area contributed by atoms with Crippen LogP contribution in [0.3, 0.4) is 0 Å². The Hall–Kier alpha value is -0.910. The lowest BCUT2D eigenvalue weighted by Crippen LogP contribution is -2.35. The summed E-state index contributed by atoms with van der Waals surface area (Å²) in [6.07, 6.45) is 1.59. The molecule has 0 radical (unpaired) electrons. The molecule has 1 atom stereocenters. The van der Waals surface area contributed by atoms with Crippen molar-refractivity contribution in [1.29, 1.82) is 0 Å². The van der Waals surface area contributed by atoms with Gasteiger partial charge in [-0.2, -0.15) is 0 Å². The highest BCUT2D eigenvalue weighted by molar-refractivity contribution is 7.89. The summed E-state index contributed by atoms with van der Waals surface area (Å²) in [5.74, 6) is 0.207. The molecule has 0 aliphatic carbocycles. The van der Waals surface area contributed by atoms with Gasteiger partial charge in [-0.25, -0.2) is 13.1 Å². The van der Waals surface area contributed by atoms with Crippen molar-refractivity contribution in [2.75, 3.05) is 26.4 Å². The van der Waals surface area contributed by atoms with Crippen molar-refractivity contribution in [2.45, 2.75) is 25.8 Å². The van der Waals surface area contributed by atoms with Gasteiger partial charge in [-0.15, -0.1) is 0 Å². The first-order valence-electron chi connectivity index (χ1n) is 6.65. The predicted octanol–water partition coefficient (Wildman–Crippen LogP) is 2.01. The van der Waals surface area contributed by atoms with Crippen LogP contribution in [0.5, 0.6) is 0 Å². The van der Waals surface area contributed by atoms with E-state index in [0.29, 0.717) is 13.0 Å². The topological polar surface area (TPSA) is 49.4 Å². The SMILES string of the molecule is CCCCS(=O)(=O)NCC(c1ccccc1)N(C)C. The number of sulfonamides is 1. The van der Waals surface area contributed by atoms with Crippen molar-refractivity contribution in [3.8, 4) is 0 Å². The lowest BCUT2D eigenvalue weighted by atomic mass is 10.1. The van der Waals surface area contributed by atoms with Crippen LogP contribution in [-0.4, -0.2) is 39.7 Å². The molecule has 0 bridgehead atoms. The van der Waals surface area contributed by atoms with Crippen LogP contribution in [0.25, 0.3) is 0 Å². The zero-order valence-electron chi connectivity index (χ0n) is 12.0. The maximum absolute atomic E-state index is 11.8. The molecule has 0 heterocycles. The van der Waals surface area contributed by atoms with E-state index in [1.165, 1.54) is 0 Å². The van der Waals surface area contributed by atoms with Crippen molar-refractivity contribution in [3.05, 3.63) is 35.9 Å². The fourth-order valence-corrected chi connectivity index (χ4v) is 3.11. The van der Waals surface area contributed by atoms with E-state index in [2.05, 4.69) is 4.72 Å². The number of rotatable bonds is 8. The first kappa shape index (κ1) is 16.1. The molecule has 1 aromatic rings. The number of nitrogens with one attached hydrogen (secondary N) is 1. The fraction of sp³-hybridized carbons (Fsp3) is 0.571. The van der Waals surface area contributed by atoms with Gasteiger partial charge in [0, 0.05) is 12.6 Å². The molecule has 0 aliphatic heterocycles. The maximum Gasteiger partial charge on any atom is 0.211 e. The number of likely N-dealkylation sites (N-methyl/N-ethyl adjacent to an activating group) is 1. The molecule has 1 N–H and O–H groups in total. The van der Waals surface area contributed by atoms with Crippen molar-refractivity contribution < 1.29 is 8.42 Å². The summed E-state index contributed by atoms with van der Waals surface area (Å²) < 4.78 is 26.3. The zero-order valence-corrected chi connectivity index (χ0v) is 12.8. The molecule has 0 fully saturated rings. The molecule has 0 amide bonds. The second-order valence-corrected chi connectivity index (χ2v) is 6.84. The third-order valence-corrected chi connectivity index (χ3v) is 4.50. The number of benzene rings is 1. The highest BCUT2D eigenvalue weighted by Crippen LogP contribution is 2.17. The van der Waals surface area contributed by atoms with Crippen molar-refractivity contribution in [2.24, 2.45) is 0 Å². The standard InChI is InChI=1S/C14H24N2O2S/c1-4-5-11-19(17,18)15-12-14(16(2)3)13-9-7-6-8-10-13/h6-10,14-15H,4-5,11-12H2,1-3H3. The Balaban J connectivity index is 2.66. The van der Waals surface area contributed by atoms with Gasteiger partial charge < -0.3 is 4.90 Å². The Morgan fingerprint density at radius 2 is 1.84 bits per heavy atom. The van der Waals surface area contributed by atoms with E-state index in [1.54, 1.807) is 0 Å². The first-order chi connectivity index (χ1) is 8.96. The summed E-state index contributed by atoms with van der Waals surface area (Å²) in [4.78, 5) is 2.03. The molecule has 108 valence electrons. The van der Waals surface area contributed by atoms with Crippen LogP contribution in [0.1, 0.15) is 31.4 Å². The summed E-state index contributed by atoms with van der Waals surface area (Å²) in [5.41, 5.74) is 1.12. The molecular weight excluding hydrogens is 260 g/mol. The van der Waals surface area contributed by atoms with Gasteiger partial charge in [-0.1, -0.05) is 43.7 Å². The minimum Gasteiger partial charge on any atom is -0.301 e. The van der Waals surface area contributed by atoms with Gasteiger partial charge in [0.1, 0.15) is 0 Å². The minimum absolute atomic E-state index is 0.0533. The van der Waals surface area contributed by atoms with E-state index < -0.39 is 10.0 Å². The molecule has 0 saturated heterocycles. The smallest absolute Gasteiger partial charge is 0.211 e. The van der Waals surface area contributed by atoms with Gasteiger partial charge >= 0.3 is 0 Å². The van der Waals surface area contributed by atoms with E-state index in [1.807, 2.05) is 56.3 Å². The number of hydrogen-bond acceptors (Lipinski definition) is 3. The third kappa shape index (κ3) is 5.72. The molecule has 0 saturated carbocycles. The normalized spacial score (nSPS) is 13.7. The lowest BCUT2D eigenvalue weighted by Gasteiger charge is -2.25. The molecule has 0 aliphatic rings. The van der Waals surface area contributed by atoms with E-state index in [9.17, 15) is 8.42 Å². The summed E-state index contributed by atoms with van der Waals surface area (Å²) in [5, 5.41) is 0. The van der Waals surface area contributed by atoms with E-state index in [4.69, 9.17) is 0 Å². The Labute approximate surface area is 116 Å². The largest absolute Gasteiger partial charge is 0.301 e. The molecule has 19 heavy (non-hydrogen) atoms. The number of hydrogen-bond donors (Lipinski definition) is 1. The Kier molecular flexibility index (Phi) is 6.48. The molecule has 1 unspecified atom stereocenters. The van der Waals surface area contributed by atoms with Gasteiger partial charge in [0.05, 0.1) is 5.75 Å². The molecule has 1 aromatic carbocycles. The van der Waals surface area contributed by atoms with Crippen LogP contribution in [-0.2, 0) is 10.0 Å². The molecule has 5 heteroatoms. The highest BCUT2D eigenvalue weighted by Gasteiger charge is 2.17. The van der Waals surface area contributed by atoms with Gasteiger partial charge in [0.25, 0.3) is 0 Å². The van der Waals surface area contributed by atoms with Crippen LogP contribution in [0.15, 0.2) is 30.3 Å². The van der Waals surface area contributed by atoms with Crippen molar-refractivity contribution in [3.63, 3.8) is 0 Å². The highest BCUT2D eigenvalue weighted by atomic mass is 32.2. The zero-order chi connectivity index (χ0) is 14.3. The summed E-state index contributed by atoms with van der Waals surface area (Å²) in [6.45, 7) is 2.39. The molecular formula is C14H24N2O2S. The Morgan fingerprint density at radius 1 is 1.21 bits per heavy atom.